The number of fused-ring (bicyclic) bond motifs is 1. The van der Waals surface area contributed by atoms with E-state index < -0.39 is 0 Å². The van der Waals surface area contributed by atoms with Crippen LogP contribution >= 0.6 is 0 Å². The minimum atomic E-state index is -0.0522. The minimum absolute atomic E-state index is 0.0522. The van der Waals surface area contributed by atoms with Crippen LogP contribution in [-0.2, 0) is 11.2 Å². The van der Waals surface area contributed by atoms with Crippen LogP contribution in [0.4, 0.5) is 11.5 Å². The Morgan fingerprint density at radius 2 is 2.40 bits per heavy atom. The highest BCUT2D eigenvalue weighted by molar-refractivity contribution is 5.89. The summed E-state index contributed by atoms with van der Waals surface area (Å²) >= 11 is 0. The Morgan fingerprint density at radius 3 is 3.13 bits per heavy atom. The van der Waals surface area contributed by atoms with E-state index in [9.17, 15) is 4.79 Å². The number of hydrogen-bond donors (Lipinski definition) is 2. The van der Waals surface area contributed by atoms with Crippen molar-refractivity contribution >= 4 is 17.4 Å². The summed E-state index contributed by atoms with van der Waals surface area (Å²) in [5, 5.41) is 6.05. The highest BCUT2D eigenvalue weighted by Crippen LogP contribution is 2.27. The normalized spacial score (nSPS) is 14.0. The standard InChI is InChI=1S/C11H15N3O/c1-7-9-4-3-5-12-11(9)13-6-10(7)14-8(2)15/h6H,3-5H2,1-2H3,(H,12,13)(H,14,15). The molecule has 2 rings (SSSR count). The molecule has 80 valence electrons. The lowest BCUT2D eigenvalue weighted by atomic mass is 10.0. The fourth-order valence-corrected chi connectivity index (χ4v) is 1.89. The molecule has 15 heavy (non-hydrogen) atoms. The molecule has 0 atom stereocenters. The van der Waals surface area contributed by atoms with Crippen LogP contribution < -0.4 is 10.6 Å². The molecule has 0 saturated carbocycles. The topological polar surface area (TPSA) is 54.0 Å². The summed E-state index contributed by atoms with van der Waals surface area (Å²) in [6.07, 6.45) is 3.88. The van der Waals surface area contributed by atoms with Crippen molar-refractivity contribution in [2.45, 2.75) is 26.7 Å². The summed E-state index contributed by atoms with van der Waals surface area (Å²) in [4.78, 5) is 15.3. The number of amides is 1. The smallest absolute Gasteiger partial charge is 0.221 e. The molecule has 0 aromatic carbocycles. The lowest BCUT2D eigenvalue weighted by molar-refractivity contribution is -0.114. The van der Waals surface area contributed by atoms with Crippen molar-refractivity contribution < 1.29 is 4.79 Å². The molecule has 0 bridgehead atoms. The van der Waals surface area contributed by atoms with Crippen molar-refractivity contribution in [3.8, 4) is 0 Å². The largest absolute Gasteiger partial charge is 0.370 e. The molecule has 0 fully saturated rings. The van der Waals surface area contributed by atoms with Gasteiger partial charge in [-0.25, -0.2) is 4.98 Å². The van der Waals surface area contributed by atoms with Crippen LogP contribution in [0.3, 0.4) is 0 Å². The second-order valence-electron chi connectivity index (χ2n) is 3.84. The third-order valence-corrected chi connectivity index (χ3v) is 2.67. The van der Waals surface area contributed by atoms with Crippen molar-refractivity contribution in [2.24, 2.45) is 0 Å². The minimum Gasteiger partial charge on any atom is -0.370 e. The first-order valence-electron chi connectivity index (χ1n) is 5.18. The van der Waals surface area contributed by atoms with E-state index in [1.54, 1.807) is 6.20 Å². The van der Waals surface area contributed by atoms with Gasteiger partial charge in [0.15, 0.2) is 0 Å². The van der Waals surface area contributed by atoms with Gasteiger partial charge in [0.25, 0.3) is 0 Å². The van der Waals surface area contributed by atoms with Crippen LogP contribution in [0.15, 0.2) is 6.20 Å². The zero-order valence-corrected chi connectivity index (χ0v) is 9.05. The van der Waals surface area contributed by atoms with Gasteiger partial charge in [-0.05, 0) is 30.9 Å². The van der Waals surface area contributed by atoms with E-state index in [0.717, 1.165) is 36.5 Å². The van der Waals surface area contributed by atoms with Gasteiger partial charge in [-0.15, -0.1) is 0 Å². The van der Waals surface area contributed by atoms with E-state index in [4.69, 9.17) is 0 Å². The van der Waals surface area contributed by atoms with Crippen LogP contribution in [0.1, 0.15) is 24.5 Å². The summed E-state index contributed by atoms with van der Waals surface area (Å²) in [6, 6.07) is 0. The summed E-state index contributed by atoms with van der Waals surface area (Å²) < 4.78 is 0. The van der Waals surface area contributed by atoms with Gasteiger partial charge in [0.2, 0.25) is 5.91 Å². The van der Waals surface area contributed by atoms with Crippen LogP contribution in [0.5, 0.6) is 0 Å². The summed E-state index contributed by atoms with van der Waals surface area (Å²) in [5.74, 6) is 0.913. The van der Waals surface area contributed by atoms with E-state index in [-0.39, 0.29) is 5.91 Å². The number of carbonyl (C=O) groups is 1. The van der Waals surface area contributed by atoms with Crippen molar-refractivity contribution in [1.29, 1.82) is 0 Å². The maximum absolute atomic E-state index is 11.0. The maximum Gasteiger partial charge on any atom is 0.221 e. The van der Waals surface area contributed by atoms with Crippen LogP contribution in [-0.4, -0.2) is 17.4 Å². The van der Waals surface area contributed by atoms with Gasteiger partial charge in [0, 0.05) is 13.5 Å². The summed E-state index contributed by atoms with van der Waals surface area (Å²) in [6.45, 7) is 4.52. The van der Waals surface area contributed by atoms with Crippen LogP contribution in [0.25, 0.3) is 0 Å². The zero-order valence-electron chi connectivity index (χ0n) is 9.05. The molecule has 0 radical (unpaired) electrons. The molecule has 4 heteroatoms. The van der Waals surface area contributed by atoms with Gasteiger partial charge >= 0.3 is 0 Å². The first-order valence-corrected chi connectivity index (χ1v) is 5.18. The monoisotopic (exact) mass is 205 g/mol. The third-order valence-electron chi connectivity index (χ3n) is 2.67. The van der Waals surface area contributed by atoms with E-state index in [1.165, 1.54) is 12.5 Å². The Hall–Kier alpha value is -1.58. The van der Waals surface area contributed by atoms with Gasteiger partial charge in [-0.2, -0.15) is 0 Å². The second kappa shape index (κ2) is 3.88. The summed E-state index contributed by atoms with van der Waals surface area (Å²) in [5.41, 5.74) is 3.18. The van der Waals surface area contributed by atoms with E-state index in [1.807, 2.05) is 6.92 Å². The predicted octanol–water partition coefficient (Wildman–Crippen LogP) is 1.71. The zero-order chi connectivity index (χ0) is 10.8. The Labute approximate surface area is 89.1 Å². The van der Waals surface area contributed by atoms with Crippen LogP contribution in [0.2, 0.25) is 0 Å². The third kappa shape index (κ3) is 1.93. The van der Waals surface area contributed by atoms with E-state index in [0.29, 0.717) is 0 Å². The Kier molecular flexibility index (Phi) is 2.58. The van der Waals surface area contributed by atoms with E-state index >= 15 is 0 Å². The molecular formula is C11H15N3O. The predicted molar refractivity (Wildman–Crippen MR) is 60.1 cm³/mol. The molecular weight excluding hydrogens is 190 g/mol. The molecule has 2 N–H and O–H groups in total. The van der Waals surface area contributed by atoms with E-state index in [2.05, 4.69) is 15.6 Å². The number of anilines is 2. The number of aromatic nitrogens is 1. The lowest BCUT2D eigenvalue weighted by Crippen LogP contribution is -2.16. The molecule has 1 amide bonds. The lowest BCUT2D eigenvalue weighted by Gasteiger charge is -2.20. The number of hydrogen-bond acceptors (Lipinski definition) is 3. The number of carbonyl (C=O) groups excluding carboxylic acids is 1. The average Bonchev–Trinajstić information content (AvgIpc) is 2.22. The quantitative estimate of drug-likeness (QED) is 0.733. The Balaban J connectivity index is 2.38. The molecule has 4 nitrogen and oxygen atoms in total. The fraction of sp³-hybridized carbons (Fsp3) is 0.455. The van der Waals surface area contributed by atoms with Gasteiger partial charge in [0.05, 0.1) is 11.9 Å². The summed E-state index contributed by atoms with van der Waals surface area (Å²) in [7, 11) is 0. The van der Waals surface area contributed by atoms with Crippen molar-refractivity contribution in [3.63, 3.8) is 0 Å². The van der Waals surface area contributed by atoms with Crippen molar-refractivity contribution in [2.75, 3.05) is 17.2 Å². The average molecular weight is 205 g/mol. The van der Waals surface area contributed by atoms with Crippen LogP contribution in [0, 0.1) is 6.92 Å². The molecule has 0 saturated heterocycles. The fourth-order valence-electron chi connectivity index (χ4n) is 1.89. The van der Waals surface area contributed by atoms with Gasteiger partial charge in [-0.1, -0.05) is 0 Å². The van der Waals surface area contributed by atoms with Gasteiger partial charge in [-0.3, -0.25) is 4.79 Å². The first-order chi connectivity index (χ1) is 7.18. The molecule has 0 aliphatic carbocycles. The Bertz CT molecular complexity index is 401. The number of rotatable bonds is 1. The molecule has 2 heterocycles. The highest BCUT2D eigenvalue weighted by Gasteiger charge is 2.14. The van der Waals surface area contributed by atoms with Crippen molar-refractivity contribution in [1.82, 2.24) is 4.98 Å². The molecule has 1 aromatic rings. The first kappa shape index (κ1) is 9.96. The molecule has 1 aromatic heterocycles. The molecule has 1 aliphatic rings. The van der Waals surface area contributed by atoms with Gasteiger partial charge < -0.3 is 10.6 Å². The highest BCUT2D eigenvalue weighted by atomic mass is 16.1. The molecule has 0 spiro atoms. The number of nitrogens with zero attached hydrogens (tertiary/aromatic N) is 1. The Morgan fingerprint density at radius 1 is 1.60 bits per heavy atom. The number of pyridine rings is 1. The molecule has 1 aliphatic heterocycles. The second-order valence-corrected chi connectivity index (χ2v) is 3.84. The SMILES string of the molecule is CC(=O)Nc1cnc2c(c1C)CCCN2. The number of nitrogens with one attached hydrogen (secondary N) is 2. The molecule has 0 unspecified atom stereocenters. The van der Waals surface area contributed by atoms with Gasteiger partial charge in [0.1, 0.15) is 5.82 Å². The van der Waals surface area contributed by atoms with Crippen molar-refractivity contribution in [3.05, 3.63) is 17.3 Å². The maximum atomic E-state index is 11.0.